The summed E-state index contributed by atoms with van der Waals surface area (Å²) in [4.78, 5) is 38.2. The number of hydrogen-bond donors (Lipinski definition) is 0. The summed E-state index contributed by atoms with van der Waals surface area (Å²) in [5.74, 6) is -0.966. The molecular weight excluding hydrogens is 949 g/mol. The van der Waals surface area contributed by atoms with Gasteiger partial charge >= 0.3 is 17.9 Å². The molecule has 1 unspecified atom stereocenters. The molecule has 0 heterocycles. The smallest absolute Gasteiger partial charge is 0.306 e. The summed E-state index contributed by atoms with van der Waals surface area (Å²) in [5, 5.41) is 0. The van der Waals surface area contributed by atoms with Crippen molar-refractivity contribution in [2.24, 2.45) is 0 Å². The maximum Gasteiger partial charge on any atom is 0.306 e. The number of carbonyl (C=O) groups is 3. The molecule has 0 aliphatic rings. The molecule has 0 aromatic carbocycles. The quantitative estimate of drug-likeness (QED) is 0.0261. The number of carbonyl (C=O) groups excluding carboxylic acids is 3. The van der Waals surface area contributed by atoms with Gasteiger partial charge in [0.1, 0.15) is 13.2 Å². The lowest BCUT2D eigenvalue weighted by atomic mass is 10.0. The van der Waals surface area contributed by atoms with Gasteiger partial charge in [-0.2, -0.15) is 0 Å². The standard InChI is InChI=1S/C71H124O6/c1-4-7-10-13-16-19-22-25-27-29-30-31-32-33-34-35-36-37-38-39-40-42-43-46-49-52-55-58-61-64-70(73)76-67-68(66-75-69(72)63-60-57-54-51-48-45-24-21-18-15-12-9-6-3)77-71(74)65-62-59-56-53-50-47-44-41-28-26-23-20-17-14-11-8-5-2/h9,12,18,21-22,25,29-30,32-33,45,48,54,57,68H,4-8,10-11,13-17,19-20,23-24,26-28,31,34-44,46-47,49-53,55-56,58-67H2,1-3H3/b12-9-,21-18-,25-22-,30-29-,33-32-,48-45-,57-54-. The molecule has 0 N–H and O–H groups in total. The second-order valence-electron chi connectivity index (χ2n) is 22.0. The van der Waals surface area contributed by atoms with Crippen LogP contribution in [0.5, 0.6) is 0 Å². The summed E-state index contributed by atoms with van der Waals surface area (Å²) < 4.78 is 16.9. The van der Waals surface area contributed by atoms with E-state index in [2.05, 4.69) is 99.8 Å². The summed E-state index contributed by atoms with van der Waals surface area (Å²) in [6, 6.07) is 0. The van der Waals surface area contributed by atoms with Crippen LogP contribution in [0.15, 0.2) is 85.1 Å². The van der Waals surface area contributed by atoms with Crippen LogP contribution in [-0.4, -0.2) is 37.2 Å². The van der Waals surface area contributed by atoms with Crippen LogP contribution in [-0.2, 0) is 28.6 Å². The van der Waals surface area contributed by atoms with E-state index in [0.29, 0.717) is 19.3 Å². The van der Waals surface area contributed by atoms with Crippen molar-refractivity contribution in [3.63, 3.8) is 0 Å². The highest BCUT2D eigenvalue weighted by Crippen LogP contribution is 2.17. The minimum atomic E-state index is -0.804. The molecule has 6 nitrogen and oxygen atoms in total. The average Bonchev–Trinajstić information content (AvgIpc) is 3.43. The van der Waals surface area contributed by atoms with Gasteiger partial charge in [0, 0.05) is 19.3 Å². The number of unbranched alkanes of at least 4 members (excludes halogenated alkanes) is 35. The highest BCUT2D eigenvalue weighted by molar-refractivity contribution is 5.71. The first kappa shape index (κ1) is 73.6. The van der Waals surface area contributed by atoms with Crippen molar-refractivity contribution in [2.45, 2.75) is 335 Å². The topological polar surface area (TPSA) is 78.9 Å². The van der Waals surface area contributed by atoms with E-state index in [0.717, 1.165) is 77.0 Å². The predicted molar refractivity (Wildman–Crippen MR) is 334 cm³/mol. The lowest BCUT2D eigenvalue weighted by molar-refractivity contribution is -0.166. The molecule has 0 bridgehead atoms. The van der Waals surface area contributed by atoms with Gasteiger partial charge in [0.15, 0.2) is 6.10 Å². The maximum atomic E-state index is 12.9. The van der Waals surface area contributed by atoms with Gasteiger partial charge in [0.05, 0.1) is 0 Å². The molecular formula is C71H124O6. The number of esters is 3. The molecule has 0 amide bonds. The summed E-state index contributed by atoms with van der Waals surface area (Å²) in [6.07, 6.45) is 86.2. The van der Waals surface area contributed by atoms with Gasteiger partial charge in [0.2, 0.25) is 0 Å². The first-order valence-corrected chi connectivity index (χ1v) is 33.1. The van der Waals surface area contributed by atoms with Crippen LogP contribution in [0.25, 0.3) is 0 Å². The normalized spacial score (nSPS) is 12.6. The molecule has 0 saturated heterocycles. The molecule has 77 heavy (non-hydrogen) atoms. The zero-order valence-electron chi connectivity index (χ0n) is 51.0. The first-order valence-electron chi connectivity index (χ1n) is 33.1. The van der Waals surface area contributed by atoms with Gasteiger partial charge in [-0.1, -0.05) is 311 Å². The van der Waals surface area contributed by atoms with E-state index < -0.39 is 6.10 Å². The molecule has 0 aromatic rings. The van der Waals surface area contributed by atoms with Gasteiger partial charge in [-0.05, 0) is 83.5 Å². The lowest BCUT2D eigenvalue weighted by Crippen LogP contribution is -2.30. The lowest BCUT2D eigenvalue weighted by Gasteiger charge is -2.18. The summed E-state index contributed by atoms with van der Waals surface area (Å²) >= 11 is 0. The van der Waals surface area contributed by atoms with Crippen molar-refractivity contribution in [1.29, 1.82) is 0 Å². The fourth-order valence-electron chi connectivity index (χ4n) is 9.47. The third-order valence-electron chi connectivity index (χ3n) is 14.4. The molecule has 0 aliphatic heterocycles. The third-order valence-corrected chi connectivity index (χ3v) is 14.4. The molecule has 0 aromatic heterocycles. The second kappa shape index (κ2) is 65.1. The second-order valence-corrected chi connectivity index (χ2v) is 22.0. The van der Waals surface area contributed by atoms with Crippen molar-refractivity contribution < 1.29 is 28.6 Å². The van der Waals surface area contributed by atoms with Gasteiger partial charge in [-0.3, -0.25) is 14.4 Å². The number of rotatable bonds is 60. The van der Waals surface area contributed by atoms with E-state index in [4.69, 9.17) is 14.2 Å². The highest BCUT2D eigenvalue weighted by Gasteiger charge is 2.19. The fourth-order valence-corrected chi connectivity index (χ4v) is 9.47. The Morgan fingerprint density at radius 3 is 0.870 bits per heavy atom. The fraction of sp³-hybridized carbons (Fsp3) is 0.761. The SMILES string of the molecule is CC/C=C\C/C=C\C/C=C\C/C=C\CCC(=O)OCC(COC(=O)CCCCCCCCCCCCCCCC/C=C\C/C=C\C/C=C\CCCCCCC)OC(=O)CCCCCCCCCCCCCCCCCCC. The van der Waals surface area contributed by atoms with Crippen LogP contribution in [0.4, 0.5) is 0 Å². The minimum absolute atomic E-state index is 0.0956. The van der Waals surface area contributed by atoms with Crippen LogP contribution < -0.4 is 0 Å². The Morgan fingerprint density at radius 1 is 0.273 bits per heavy atom. The number of hydrogen-bond acceptors (Lipinski definition) is 6. The molecule has 0 radical (unpaired) electrons. The first-order chi connectivity index (χ1) is 38.0. The zero-order valence-corrected chi connectivity index (χ0v) is 51.0. The summed E-state index contributed by atoms with van der Waals surface area (Å²) in [7, 11) is 0. The predicted octanol–water partition coefficient (Wildman–Crippen LogP) is 22.7. The van der Waals surface area contributed by atoms with E-state index in [-0.39, 0.29) is 37.5 Å². The molecule has 1 atom stereocenters. The van der Waals surface area contributed by atoms with Gasteiger partial charge in [0.25, 0.3) is 0 Å². The van der Waals surface area contributed by atoms with Crippen LogP contribution in [0.1, 0.15) is 329 Å². The Kier molecular flexibility index (Phi) is 62.2. The van der Waals surface area contributed by atoms with E-state index in [1.165, 1.54) is 205 Å². The zero-order chi connectivity index (χ0) is 55.7. The van der Waals surface area contributed by atoms with E-state index in [1.54, 1.807) is 0 Å². The Labute approximate surface area is 477 Å². The van der Waals surface area contributed by atoms with Crippen molar-refractivity contribution >= 4 is 17.9 Å². The Bertz CT molecular complexity index is 1470. The summed E-state index contributed by atoms with van der Waals surface area (Å²) in [6.45, 7) is 6.49. The van der Waals surface area contributed by atoms with Crippen LogP contribution in [0, 0.1) is 0 Å². The highest BCUT2D eigenvalue weighted by atomic mass is 16.6. The number of allylic oxidation sites excluding steroid dienone is 14. The van der Waals surface area contributed by atoms with Crippen LogP contribution in [0.3, 0.4) is 0 Å². The van der Waals surface area contributed by atoms with Gasteiger partial charge in [-0.15, -0.1) is 0 Å². The largest absolute Gasteiger partial charge is 0.462 e. The maximum absolute atomic E-state index is 12.9. The molecule has 444 valence electrons. The van der Waals surface area contributed by atoms with Crippen molar-refractivity contribution in [3.05, 3.63) is 85.1 Å². The minimum Gasteiger partial charge on any atom is -0.462 e. The van der Waals surface area contributed by atoms with E-state index in [9.17, 15) is 14.4 Å². The third kappa shape index (κ3) is 63.3. The molecule has 0 aliphatic carbocycles. The molecule has 0 saturated carbocycles. The molecule has 0 fully saturated rings. The molecule has 6 heteroatoms. The average molecular weight is 1070 g/mol. The van der Waals surface area contributed by atoms with Gasteiger partial charge in [-0.25, -0.2) is 0 Å². The summed E-state index contributed by atoms with van der Waals surface area (Å²) in [5.41, 5.74) is 0. The Morgan fingerprint density at radius 2 is 0.532 bits per heavy atom. The monoisotopic (exact) mass is 1070 g/mol. The van der Waals surface area contributed by atoms with E-state index in [1.807, 2.05) is 6.08 Å². The molecule has 0 rings (SSSR count). The van der Waals surface area contributed by atoms with E-state index >= 15 is 0 Å². The van der Waals surface area contributed by atoms with Crippen molar-refractivity contribution in [3.8, 4) is 0 Å². The van der Waals surface area contributed by atoms with Crippen molar-refractivity contribution in [2.75, 3.05) is 13.2 Å². The van der Waals surface area contributed by atoms with Crippen molar-refractivity contribution in [1.82, 2.24) is 0 Å². The van der Waals surface area contributed by atoms with Gasteiger partial charge < -0.3 is 14.2 Å². The molecule has 0 spiro atoms. The number of ether oxygens (including phenoxy) is 3. The Balaban J connectivity index is 4.26. The Hall–Kier alpha value is -3.41. The van der Waals surface area contributed by atoms with Crippen LogP contribution >= 0.6 is 0 Å². The van der Waals surface area contributed by atoms with Crippen LogP contribution in [0.2, 0.25) is 0 Å².